The molecule has 0 spiro atoms. The summed E-state index contributed by atoms with van der Waals surface area (Å²) in [4.78, 5) is 0. The van der Waals surface area contributed by atoms with Crippen LogP contribution in [0.5, 0.6) is 11.5 Å². The second-order valence-electron chi connectivity index (χ2n) is 4.34. The Morgan fingerprint density at radius 3 is 2.63 bits per heavy atom. The minimum atomic E-state index is 0.469. The number of ether oxygens (including phenoxy) is 2. The highest BCUT2D eigenvalue weighted by Crippen LogP contribution is 2.37. The van der Waals surface area contributed by atoms with Gasteiger partial charge in [0.15, 0.2) is 11.5 Å². The van der Waals surface area contributed by atoms with Gasteiger partial charge < -0.3 is 14.8 Å². The molecule has 0 aromatic heterocycles. The fourth-order valence-electron chi connectivity index (χ4n) is 1.75. The van der Waals surface area contributed by atoms with Gasteiger partial charge in [-0.05, 0) is 37.0 Å². The zero-order valence-corrected chi connectivity index (χ0v) is 13.5. The van der Waals surface area contributed by atoms with Crippen LogP contribution in [0.1, 0.15) is 18.9 Å². The summed E-state index contributed by atoms with van der Waals surface area (Å²) in [5.74, 6) is 2.42. The maximum Gasteiger partial charge on any atom is 0.179 e. The van der Waals surface area contributed by atoms with E-state index in [2.05, 4.69) is 18.5 Å². The maximum absolute atomic E-state index is 6.33. The van der Waals surface area contributed by atoms with E-state index in [0.29, 0.717) is 22.6 Å². The molecule has 0 saturated heterocycles. The molecule has 19 heavy (non-hydrogen) atoms. The van der Waals surface area contributed by atoms with E-state index in [1.807, 2.05) is 23.9 Å². The molecule has 1 N–H and O–H groups in total. The second-order valence-corrected chi connectivity index (χ2v) is 5.70. The summed E-state index contributed by atoms with van der Waals surface area (Å²) < 4.78 is 10.5. The number of hydrogen-bond acceptors (Lipinski definition) is 4. The molecular weight excluding hydrogens is 282 g/mol. The number of benzene rings is 1. The highest BCUT2D eigenvalue weighted by molar-refractivity contribution is 7.98. The Morgan fingerprint density at radius 2 is 2.05 bits per heavy atom. The molecule has 1 aromatic carbocycles. The molecule has 0 bridgehead atoms. The van der Waals surface area contributed by atoms with E-state index in [4.69, 9.17) is 21.1 Å². The average molecular weight is 304 g/mol. The van der Waals surface area contributed by atoms with Crippen molar-refractivity contribution in [2.75, 3.05) is 26.2 Å². The first-order valence-corrected chi connectivity index (χ1v) is 8.02. The Labute approximate surface area is 125 Å². The predicted octanol–water partition coefficient (Wildman–Crippen LogP) is 3.59. The molecule has 5 heteroatoms. The number of halogens is 1. The fraction of sp³-hybridized carbons (Fsp3) is 0.571. The van der Waals surface area contributed by atoms with Crippen molar-refractivity contribution in [2.24, 2.45) is 0 Å². The van der Waals surface area contributed by atoms with Gasteiger partial charge in [0, 0.05) is 12.6 Å². The lowest BCUT2D eigenvalue weighted by Crippen LogP contribution is -2.26. The van der Waals surface area contributed by atoms with Gasteiger partial charge in [-0.25, -0.2) is 0 Å². The molecule has 108 valence electrons. The third-order valence-corrected chi connectivity index (χ3v) is 4.02. The van der Waals surface area contributed by atoms with Gasteiger partial charge >= 0.3 is 0 Å². The first-order chi connectivity index (χ1) is 9.13. The summed E-state index contributed by atoms with van der Waals surface area (Å²) in [5, 5.41) is 4.09. The SMILES string of the molecule is COc1ccc(CNC(C)CCSC)c(Cl)c1OC. The van der Waals surface area contributed by atoms with Gasteiger partial charge in [0.05, 0.1) is 19.2 Å². The number of rotatable bonds is 8. The van der Waals surface area contributed by atoms with E-state index in [1.165, 1.54) is 0 Å². The monoisotopic (exact) mass is 303 g/mol. The highest BCUT2D eigenvalue weighted by atomic mass is 35.5. The lowest BCUT2D eigenvalue weighted by molar-refractivity contribution is 0.354. The first-order valence-electron chi connectivity index (χ1n) is 6.25. The second kappa shape index (κ2) is 8.56. The molecule has 0 heterocycles. The molecule has 0 amide bonds. The average Bonchev–Trinajstić information content (AvgIpc) is 2.43. The van der Waals surface area contributed by atoms with Gasteiger partial charge in [-0.1, -0.05) is 17.7 Å². The molecule has 0 radical (unpaired) electrons. The van der Waals surface area contributed by atoms with Crippen molar-refractivity contribution in [3.63, 3.8) is 0 Å². The molecule has 0 saturated carbocycles. The van der Waals surface area contributed by atoms with E-state index in [0.717, 1.165) is 24.3 Å². The summed E-state index contributed by atoms with van der Waals surface area (Å²) in [6, 6.07) is 4.32. The van der Waals surface area contributed by atoms with Gasteiger partial charge in [-0.2, -0.15) is 11.8 Å². The smallest absolute Gasteiger partial charge is 0.179 e. The third kappa shape index (κ3) is 4.79. The Hall–Kier alpha value is -0.580. The summed E-state index contributed by atoms with van der Waals surface area (Å²) in [6.07, 6.45) is 3.27. The van der Waals surface area contributed by atoms with E-state index in [1.54, 1.807) is 14.2 Å². The van der Waals surface area contributed by atoms with Crippen molar-refractivity contribution < 1.29 is 9.47 Å². The molecule has 0 fully saturated rings. The van der Waals surface area contributed by atoms with Crippen molar-refractivity contribution in [3.8, 4) is 11.5 Å². The minimum Gasteiger partial charge on any atom is -0.493 e. The van der Waals surface area contributed by atoms with E-state index < -0.39 is 0 Å². The first kappa shape index (κ1) is 16.5. The largest absolute Gasteiger partial charge is 0.493 e. The number of thioether (sulfide) groups is 1. The van der Waals surface area contributed by atoms with Crippen LogP contribution >= 0.6 is 23.4 Å². The van der Waals surface area contributed by atoms with Crippen molar-refractivity contribution >= 4 is 23.4 Å². The Bertz CT molecular complexity index is 401. The lowest BCUT2D eigenvalue weighted by Gasteiger charge is -2.16. The van der Waals surface area contributed by atoms with Crippen LogP contribution in [0, 0.1) is 0 Å². The molecule has 3 nitrogen and oxygen atoms in total. The van der Waals surface area contributed by atoms with Crippen LogP contribution in [0.3, 0.4) is 0 Å². The maximum atomic E-state index is 6.33. The van der Waals surface area contributed by atoms with Gasteiger partial charge in [0.1, 0.15) is 0 Å². The van der Waals surface area contributed by atoms with Gasteiger partial charge in [-0.3, -0.25) is 0 Å². The quantitative estimate of drug-likeness (QED) is 0.795. The Morgan fingerprint density at radius 1 is 1.32 bits per heavy atom. The lowest BCUT2D eigenvalue weighted by atomic mass is 10.1. The predicted molar refractivity (Wildman–Crippen MR) is 83.9 cm³/mol. The van der Waals surface area contributed by atoms with Crippen LogP contribution in [0.25, 0.3) is 0 Å². The molecule has 0 aliphatic rings. The van der Waals surface area contributed by atoms with Gasteiger partial charge in [0.2, 0.25) is 0 Å². The molecular formula is C14H22ClNO2S. The fourth-order valence-corrected chi connectivity index (χ4v) is 2.64. The van der Waals surface area contributed by atoms with E-state index in [9.17, 15) is 0 Å². The normalized spacial score (nSPS) is 12.3. The topological polar surface area (TPSA) is 30.5 Å². The number of hydrogen-bond donors (Lipinski definition) is 1. The van der Waals surface area contributed by atoms with E-state index in [-0.39, 0.29) is 0 Å². The van der Waals surface area contributed by atoms with Crippen molar-refractivity contribution in [3.05, 3.63) is 22.7 Å². The van der Waals surface area contributed by atoms with Crippen LogP contribution in [0.4, 0.5) is 0 Å². The molecule has 1 unspecified atom stereocenters. The Balaban J connectivity index is 2.69. The molecule has 1 rings (SSSR count). The van der Waals surface area contributed by atoms with Gasteiger partial charge in [0.25, 0.3) is 0 Å². The number of methoxy groups -OCH3 is 2. The molecule has 0 aliphatic carbocycles. The van der Waals surface area contributed by atoms with Crippen molar-refractivity contribution in [2.45, 2.75) is 25.9 Å². The Kier molecular flexibility index (Phi) is 7.42. The van der Waals surface area contributed by atoms with Gasteiger partial charge in [-0.15, -0.1) is 0 Å². The molecule has 1 atom stereocenters. The molecule has 1 aromatic rings. The zero-order chi connectivity index (χ0) is 14.3. The molecule has 0 aliphatic heterocycles. The summed E-state index contributed by atoms with van der Waals surface area (Å²) >= 11 is 8.19. The minimum absolute atomic E-state index is 0.469. The highest BCUT2D eigenvalue weighted by Gasteiger charge is 2.13. The number of nitrogens with one attached hydrogen (secondary N) is 1. The van der Waals surface area contributed by atoms with Crippen LogP contribution in [-0.2, 0) is 6.54 Å². The van der Waals surface area contributed by atoms with Crippen LogP contribution in [0.15, 0.2) is 12.1 Å². The van der Waals surface area contributed by atoms with Crippen LogP contribution in [0.2, 0.25) is 5.02 Å². The van der Waals surface area contributed by atoms with Crippen LogP contribution < -0.4 is 14.8 Å². The van der Waals surface area contributed by atoms with Crippen molar-refractivity contribution in [1.29, 1.82) is 0 Å². The summed E-state index contributed by atoms with van der Waals surface area (Å²) in [6.45, 7) is 2.92. The van der Waals surface area contributed by atoms with Crippen LogP contribution in [-0.4, -0.2) is 32.3 Å². The third-order valence-electron chi connectivity index (χ3n) is 2.96. The zero-order valence-electron chi connectivity index (χ0n) is 12.0. The summed E-state index contributed by atoms with van der Waals surface area (Å²) in [7, 11) is 3.21. The van der Waals surface area contributed by atoms with E-state index >= 15 is 0 Å². The van der Waals surface area contributed by atoms with Crippen molar-refractivity contribution in [1.82, 2.24) is 5.32 Å². The standard InChI is InChI=1S/C14H22ClNO2S/c1-10(7-8-19-4)16-9-11-5-6-12(17-2)14(18-3)13(11)15/h5-6,10,16H,7-9H2,1-4H3. The summed E-state index contributed by atoms with van der Waals surface area (Å²) in [5.41, 5.74) is 1.02.